The molecule has 0 aliphatic heterocycles. The van der Waals surface area contributed by atoms with Crippen LogP contribution in [0.5, 0.6) is 0 Å². The first kappa shape index (κ1) is 15.0. The lowest BCUT2D eigenvalue weighted by Gasteiger charge is -2.41. The Balaban J connectivity index is 2.10. The van der Waals surface area contributed by atoms with Crippen molar-refractivity contribution < 1.29 is 4.74 Å². The quantitative estimate of drug-likeness (QED) is 0.837. The maximum absolute atomic E-state index is 6.08. The van der Waals surface area contributed by atoms with Gasteiger partial charge in [-0.25, -0.2) is 0 Å². The average molecular weight is 327 g/mol. The van der Waals surface area contributed by atoms with Crippen molar-refractivity contribution in [1.82, 2.24) is 4.90 Å². The molecule has 0 radical (unpaired) electrons. The lowest BCUT2D eigenvalue weighted by Crippen LogP contribution is -2.56. The lowest BCUT2D eigenvalue weighted by molar-refractivity contribution is 0.0104. The van der Waals surface area contributed by atoms with E-state index in [1.807, 2.05) is 0 Å². The molecule has 0 heterocycles. The molecule has 0 aromatic heterocycles. The molecule has 0 bridgehead atoms. The van der Waals surface area contributed by atoms with Gasteiger partial charge in [0.2, 0.25) is 0 Å². The molecule has 1 atom stereocenters. The topological polar surface area (TPSA) is 38.5 Å². The van der Waals surface area contributed by atoms with Crippen molar-refractivity contribution in [3.8, 4) is 0 Å². The Labute approximate surface area is 124 Å². The number of hydrogen-bond donors (Lipinski definition) is 1. The highest BCUT2D eigenvalue weighted by atomic mass is 79.9. The maximum atomic E-state index is 6.08. The maximum Gasteiger partial charge on any atom is 0.0661 e. The molecule has 0 spiro atoms. The summed E-state index contributed by atoms with van der Waals surface area (Å²) < 4.78 is 6.56. The third-order valence-corrected chi connectivity index (χ3v) is 4.71. The molecule has 19 heavy (non-hydrogen) atoms. The normalized spacial score (nSPS) is 18.6. The summed E-state index contributed by atoms with van der Waals surface area (Å²) in [6, 6.07) is 8.48. The Morgan fingerprint density at radius 1 is 1.37 bits per heavy atom. The van der Waals surface area contributed by atoms with E-state index in [4.69, 9.17) is 10.5 Å². The van der Waals surface area contributed by atoms with Gasteiger partial charge >= 0.3 is 0 Å². The van der Waals surface area contributed by atoms with Crippen molar-refractivity contribution in [1.29, 1.82) is 0 Å². The van der Waals surface area contributed by atoms with Gasteiger partial charge in [-0.1, -0.05) is 28.1 Å². The van der Waals surface area contributed by atoms with Crippen LogP contribution in [0.4, 0.5) is 0 Å². The molecule has 1 aliphatic rings. The molecule has 1 unspecified atom stereocenters. The number of methoxy groups -OCH3 is 1. The Morgan fingerprint density at radius 3 is 2.47 bits per heavy atom. The minimum atomic E-state index is -0.0121. The van der Waals surface area contributed by atoms with Gasteiger partial charge < -0.3 is 10.5 Å². The van der Waals surface area contributed by atoms with E-state index in [2.05, 4.69) is 52.1 Å². The molecular weight excluding hydrogens is 304 g/mol. The van der Waals surface area contributed by atoms with E-state index < -0.39 is 0 Å². The minimum Gasteiger partial charge on any atom is -0.383 e. The van der Waals surface area contributed by atoms with Crippen molar-refractivity contribution in [3.05, 3.63) is 34.3 Å². The van der Waals surface area contributed by atoms with E-state index in [9.17, 15) is 0 Å². The summed E-state index contributed by atoms with van der Waals surface area (Å²) in [5, 5.41) is 0. The predicted molar refractivity (Wildman–Crippen MR) is 82.0 cm³/mol. The largest absolute Gasteiger partial charge is 0.383 e. The molecule has 0 amide bonds. The standard InChI is InChI=1S/C15H23BrN2O/c1-18(9-12-3-7-14(16)8-4-12)15(10-17,11-19-2)13-5-6-13/h3-4,7-8,13H,5-6,9-11,17H2,1-2H3. The number of likely N-dealkylation sites (N-methyl/N-ethyl adjacent to an activating group) is 1. The summed E-state index contributed by atoms with van der Waals surface area (Å²) in [5.41, 5.74) is 7.38. The van der Waals surface area contributed by atoms with Gasteiger partial charge in [0.15, 0.2) is 0 Å². The summed E-state index contributed by atoms with van der Waals surface area (Å²) >= 11 is 3.47. The minimum absolute atomic E-state index is 0.0121. The van der Waals surface area contributed by atoms with Gasteiger partial charge in [0, 0.05) is 24.7 Å². The molecule has 1 saturated carbocycles. The molecule has 106 valence electrons. The van der Waals surface area contributed by atoms with Crippen LogP contribution in [0.2, 0.25) is 0 Å². The van der Waals surface area contributed by atoms with Crippen LogP contribution in [-0.2, 0) is 11.3 Å². The van der Waals surface area contributed by atoms with Crippen LogP contribution in [-0.4, -0.2) is 37.7 Å². The van der Waals surface area contributed by atoms with Crippen molar-refractivity contribution in [2.75, 3.05) is 27.3 Å². The van der Waals surface area contributed by atoms with Crippen LogP contribution < -0.4 is 5.73 Å². The first-order valence-electron chi connectivity index (χ1n) is 6.77. The van der Waals surface area contributed by atoms with Gasteiger partial charge in [-0.2, -0.15) is 0 Å². The van der Waals surface area contributed by atoms with Gasteiger partial charge in [0.05, 0.1) is 12.1 Å². The van der Waals surface area contributed by atoms with Crippen LogP contribution in [0.25, 0.3) is 0 Å². The van der Waals surface area contributed by atoms with E-state index >= 15 is 0 Å². The zero-order valence-electron chi connectivity index (χ0n) is 11.7. The van der Waals surface area contributed by atoms with E-state index in [0.717, 1.165) is 11.0 Å². The molecule has 1 aromatic carbocycles. The first-order valence-corrected chi connectivity index (χ1v) is 7.56. The highest BCUT2D eigenvalue weighted by molar-refractivity contribution is 9.10. The Bertz CT molecular complexity index is 405. The molecule has 0 saturated heterocycles. The highest BCUT2D eigenvalue weighted by Crippen LogP contribution is 2.43. The second-order valence-corrected chi connectivity index (χ2v) is 6.41. The lowest BCUT2D eigenvalue weighted by atomic mass is 9.91. The molecule has 3 nitrogen and oxygen atoms in total. The van der Waals surface area contributed by atoms with Gasteiger partial charge in [-0.05, 0) is 43.5 Å². The summed E-state index contributed by atoms with van der Waals surface area (Å²) in [6.45, 7) is 2.27. The van der Waals surface area contributed by atoms with Gasteiger partial charge in [-0.15, -0.1) is 0 Å². The van der Waals surface area contributed by atoms with Crippen molar-refractivity contribution >= 4 is 15.9 Å². The van der Waals surface area contributed by atoms with Gasteiger partial charge in [0.25, 0.3) is 0 Å². The number of nitrogens with two attached hydrogens (primary N) is 1. The molecule has 2 N–H and O–H groups in total. The Morgan fingerprint density at radius 2 is 2.00 bits per heavy atom. The molecule has 2 rings (SSSR count). The second kappa shape index (κ2) is 6.35. The zero-order chi connectivity index (χ0) is 13.9. The number of hydrogen-bond acceptors (Lipinski definition) is 3. The Kier molecular flexibility index (Phi) is 5.01. The zero-order valence-corrected chi connectivity index (χ0v) is 13.3. The monoisotopic (exact) mass is 326 g/mol. The first-order chi connectivity index (χ1) is 9.12. The van der Waals surface area contributed by atoms with Gasteiger partial charge in [0.1, 0.15) is 0 Å². The SMILES string of the molecule is COCC(CN)(C1CC1)N(C)Cc1ccc(Br)cc1. The van der Waals surface area contributed by atoms with Crippen LogP contribution in [0.15, 0.2) is 28.7 Å². The molecular formula is C15H23BrN2O. The predicted octanol–water partition coefficient (Wildman–Crippen LogP) is 2.63. The van der Waals surface area contributed by atoms with Crippen LogP contribution in [0.3, 0.4) is 0 Å². The number of ether oxygens (including phenoxy) is 1. The number of benzene rings is 1. The van der Waals surface area contributed by atoms with Crippen molar-refractivity contribution in [2.45, 2.75) is 24.9 Å². The molecule has 1 fully saturated rings. The second-order valence-electron chi connectivity index (χ2n) is 5.50. The third-order valence-electron chi connectivity index (χ3n) is 4.18. The van der Waals surface area contributed by atoms with Crippen LogP contribution in [0, 0.1) is 5.92 Å². The fourth-order valence-electron chi connectivity index (χ4n) is 2.81. The Hall–Kier alpha value is -0.420. The fraction of sp³-hybridized carbons (Fsp3) is 0.600. The van der Waals surface area contributed by atoms with Crippen molar-refractivity contribution in [3.63, 3.8) is 0 Å². The summed E-state index contributed by atoms with van der Waals surface area (Å²) in [5.74, 6) is 0.679. The number of rotatable bonds is 7. The molecule has 4 heteroatoms. The van der Waals surface area contributed by atoms with E-state index in [0.29, 0.717) is 19.1 Å². The number of nitrogens with zero attached hydrogens (tertiary/aromatic N) is 1. The molecule has 1 aromatic rings. The summed E-state index contributed by atoms with van der Waals surface area (Å²) in [6.07, 6.45) is 2.54. The number of halogens is 1. The van der Waals surface area contributed by atoms with Crippen LogP contribution >= 0.6 is 15.9 Å². The summed E-state index contributed by atoms with van der Waals surface area (Å²) in [7, 11) is 3.92. The van der Waals surface area contributed by atoms with E-state index in [1.54, 1.807) is 7.11 Å². The third kappa shape index (κ3) is 3.37. The highest BCUT2D eigenvalue weighted by Gasteiger charge is 2.47. The van der Waals surface area contributed by atoms with Crippen molar-refractivity contribution in [2.24, 2.45) is 11.7 Å². The average Bonchev–Trinajstić information content (AvgIpc) is 3.23. The van der Waals surface area contributed by atoms with E-state index in [-0.39, 0.29) is 5.54 Å². The smallest absolute Gasteiger partial charge is 0.0661 e. The fourth-order valence-corrected chi connectivity index (χ4v) is 3.08. The summed E-state index contributed by atoms with van der Waals surface area (Å²) in [4.78, 5) is 2.37. The van der Waals surface area contributed by atoms with E-state index in [1.165, 1.54) is 18.4 Å². The van der Waals surface area contributed by atoms with Crippen LogP contribution in [0.1, 0.15) is 18.4 Å². The molecule has 1 aliphatic carbocycles. The van der Waals surface area contributed by atoms with Gasteiger partial charge in [-0.3, -0.25) is 4.90 Å².